The third-order valence-electron chi connectivity index (χ3n) is 3.80. The summed E-state index contributed by atoms with van der Waals surface area (Å²) in [5, 5.41) is 23.0. The molecule has 0 radical (unpaired) electrons. The monoisotopic (exact) mass is 324 g/mol. The molecule has 0 aromatic heterocycles. The lowest BCUT2D eigenvalue weighted by Crippen LogP contribution is -2.56. The minimum absolute atomic E-state index is 0.0542. The largest absolute Gasteiger partial charge is 0.505 e. The number of aliphatic hydroxyl groups excluding tert-OH is 1. The van der Waals surface area contributed by atoms with Crippen molar-refractivity contribution in [3.63, 3.8) is 0 Å². The van der Waals surface area contributed by atoms with Crippen LogP contribution in [-0.4, -0.2) is 33.2 Å². The summed E-state index contributed by atoms with van der Waals surface area (Å²) in [5.74, 6) is -2.05. The van der Waals surface area contributed by atoms with Crippen molar-refractivity contribution >= 4 is 17.6 Å². The molecule has 0 bridgehead atoms. The van der Waals surface area contributed by atoms with Gasteiger partial charge in [0.05, 0.1) is 0 Å². The van der Waals surface area contributed by atoms with Gasteiger partial charge in [0.25, 0.3) is 5.91 Å². The zero-order valence-corrected chi connectivity index (χ0v) is 12.7. The van der Waals surface area contributed by atoms with E-state index in [2.05, 4.69) is 5.32 Å². The number of nitrogens with one attached hydrogen (secondary N) is 1. The molecule has 2 aromatic rings. The highest BCUT2D eigenvalue weighted by Crippen LogP contribution is 2.20. The number of imide groups is 1. The lowest BCUT2D eigenvalue weighted by Gasteiger charge is -2.30. The molecule has 3 rings (SSSR count). The minimum atomic E-state index is -0.981. The lowest BCUT2D eigenvalue weighted by molar-refractivity contribution is -0.181. The first kappa shape index (κ1) is 15.8. The van der Waals surface area contributed by atoms with Crippen LogP contribution in [0.25, 0.3) is 5.76 Å². The molecule has 1 unspecified atom stereocenters. The summed E-state index contributed by atoms with van der Waals surface area (Å²) in [7, 11) is 0. The van der Waals surface area contributed by atoms with Crippen LogP contribution in [0.15, 0.2) is 66.4 Å². The van der Waals surface area contributed by atoms with Gasteiger partial charge in [-0.05, 0) is 5.56 Å². The summed E-state index contributed by atoms with van der Waals surface area (Å²) < 4.78 is 0. The van der Waals surface area contributed by atoms with Gasteiger partial charge in [0, 0.05) is 12.0 Å². The predicted molar refractivity (Wildman–Crippen MR) is 86.7 cm³/mol. The SMILES string of the molecule is O=C1C(=C(O)c2ccccc2)NC(Cc2ccccc2)C(=O)N1O. The Labute approximate surface area is 138 Å². The molecule has 6 nitrogen and oxygen atoms in total. The molecule has 1 atom stereocenters. The maximum atomic E-state index is 12.1. The number of carbonyl (C=O) groups is 2. The van der Waals surface area contributed by atoms with Gasteiger partial charge in [-0.1, -0.05) is 60.7 Å². The van der Waals surface area contributed by atoms with Gasteiger partial charge in [-0.25, -0.2) is 0 Å². The number of piperazine rings is 1. The first-order chi connectivity index (χ1) is 11.6. The number of rotatable bonds is 3. The third kappa shape index (κ3) is 3.00. The summed E-state index contributed by atoms with van der Waals surface area (Å²) >= 11 is 0. The van der Waals surface area contributed by atoms with Crippen molar-refractivity contribution in [2.75, 3.05) is 0 Å². The fourth-order valence-corrected chi connectivity index (χ4v) is 2.55. The van der Waals surface area contributed by atoms with E-state index >= 15 is 0 Å². The number of hydroxylamine groups is 2. The molecule has 3 N–H and O–H groups in total. The summed E-state index contributed by atoms with van der Waals surface area (Å²) in [5.41, 5.74) is 1.07. The molecule has 0 aliphatic carbocycles. The van der Waals surface area contributed by atoms with Gasteiger partial charge in [-0.2, -0.15) is 0 Å². The fourth-order valence-electron chi connectivity index (χ4n) is 2.55. The first-order valence-corrected chi connectivity index (χ1v) is 7.44. The van der Waals surface area contributed by atoms with Crippen molar-refractivity contribution in [3.05, 3.63) is 77.5 Å². The van der Waals surface area contributed by atoms with Crippen LogP contribution in [0.2, 0.25) is 0 Å². The molecule has 1 fully saturated rings. The smallest absolute Gasteiger partial charge is 0.304 e. The van der Waals surface area contributed by atoms with Crippen molar-refractivity contribution in [1.29, 1.82) is 0 Å². The van der Waals surface area contributed by atoms with Crippen molar-refractivity contribution < 1.29 is 19.9 Å². The topological polar surface area (TPSA) is 89.9 Å². The molecule has 6 heteroatoms. The Morgan fingerprint density at radius 3 is 2.21 bits per heavy atom. The predicted octanol–water partition coefficient (Wildman–Crippen LogP) is 1.87. The standard InChI is InChI=1S/C18H16N2O4/c21-16(13-9-5-2-6-10-13)15-18(23)20(24)17(22)14(19-15)11-12-7-3-1-4-8-12/h1-10,14,19,21,24H,11H2. The van der Waals surface area contributed by atoms with E-state index in [1.54, 1.807) is 30.3 Å². The molecule has 1 heterocycles. The second kappa shape index (κ2) is 6.55. The van der Waals surface area contributed by atoms with Crippen molar-refractivity contribution in [3.8, 4) is 0 Å². The molecule has 1 aliphatic heterocycles. The van der Waals surface area contributed by atoms with Crippen molar-refractivity contribution in [1.82, 2.24) is 10.4 Å². The van der Waals surface area contributed by atoms with Crippen LogP contribution in [0.1, 0.15) is 11.1 Å². The lowest BCUT2D eigenvalue weighted by atomic mass is 10.0. The molecular weight excluding hydrogens is 308 g/mol. The third-order valence-corrected chi connectivity index (χ3v) is 3.80. The summed E-state index contributed by atoms with van der Waals surface area (Å²) in [6.07, 6.45) is 0.273. The average molecular weight is 324 g/mol. The Hall–Kier alpha value is -3.12. The van der Waals surface area contributed by atoms with E-state index in [1.807, 2.05) is 30.3 Å². The van der Waals surface area contributed by atoms with Gasteiger partial charge in [0.15, 0.2) is 5.76 Å². The highest BCUT2D eigenvalue weighted by atomic mass is 16.5. The van der Waals surface area contributed by atoms with Gasteiger partial charge in [-0.15, -0.1) is 5.06 Å². The Bertz CT molecular complexity index is 787. The van der Waals surface area contributed by atoms with E-state index in [0.717, 1.165) is 5.56 Å². The number of carbonyl (C=O) groups excluding carboxylic acids is 2. The Kier molecular flexibility index (Phi) is 4.31. The van der Waals surface area contributed by atoms with E-state index in [-0.39, 0.29) is 22.9 Å². The molecule has 24 heavy (non-hydrogen) atoms. The normalized spacial score (nSPS) is 19.9. The Morgan fingerprint density at radius 2 is 1.58 bits per heavy atom. The van der Waals surface area contributed by atoms with Crippen LogP contribution in [0.5, 0.6) is 0 Å². The molecular formula is C18H16N2O4. The van der Waals surface area contributed by atoms with Gasteiger partial charge in [0.2, 0.25) is 0 Å². The molecule has 1 aliphatic rings. The van der Waals surface area contributed by atoms with Crippen molar-refractivity contribution in [2.45, 2.75) is 12.5 Å². The van der Waals surface area contributed by atoms with Crippen LogP contribution in [0, 0.1) is 0 Å². The molecule has 2 aromatic carbocycles. The average Bonchev–Trinajstić information content (AvgIpc) is 2.63. The molecule has 2 amide bonds. The van der Waals surface area contributed by atoms with Gasteiger partial charge in [0.1, 0.15) is 11.7 Å². The zero-order chi connectivity index (χ0) is 17.1. The summed E-state index contributed by atoms with van der Waals surface area (Å²) in [4.78, 5) is 24.3. The van der Waals surface area contributed by atoms with Crippen LogP contribution < -0.4 is 5.32 Å². The fraction of sp³-hybridized carbons (Fsp3) is 0.111. The maximum absolute atomic E-state index is 12.1. The van der Waals surface area contributed by atoms with E-state index < -0.39 is 17.9 Å². The highest BCUT2D eigenvalue weighted by Gasteiger charge is 2.38. The molecule has 0 spiro atoms. The van der Waals surface area contributed by atoms with Crippen LogP contribution in [-0.2, 0) is 16.0 Å². The second-order valence-corrected chi connectivity index (χ2v) is 5.43. The Balaban J connectivity index is 1.93. The second-order valence-electron chi connectivity index (χ2n) is 5.43. The molecule has 0 saturated carbocycles. The Morgan fingerprint density at radius 1 is 1.00 bits per heavy atom. The number of hydrogen-bond acceptors (Lipinski definition) is 5. The number of nitrogens with zero attached hydrogens (tertiary/aromatic N) is 1. The van der Waals surface area contributed by atoms with Crippen LogP contribution >= 0.6 is 0 Å². The quantitative estimate of drug-likeness (QED) is 0.347. The van der Waals surface area contributed by atoms with Crippen LogP contribution in [0.4, 0.5) is 0 Å². The van der Waals surface area contributed by atoms with Gasteiger partial charge in [-0.3, -0.25) is 14.8 Å². The highest BCUT2D eigenvalue weighted by molar-refractivity contribution is 6.10. The zero-order valence-electron chi connectivity index (χ0n) is 12.7. The van der Waals surface area contributed by atoms with E-state index in [4.69, 9.17) is 0 Å². The number of aliphatic hydroxyl groups is 1. The van der Waals surface area contributed by atoms with E-state index in [1.165, 1.54) is 0 Å². The minimum Gasteiger partial charge on any atom is -0.505 e. The molecule has 122 valence electrons. The van der Waals surface area contributed by atoms with E-state index in [9.17, 15) is 19.9 Å². The maximum Gasteiger partial charge on any atom is 0.304 e. The summed E-state index contributed by atoms with van der Waals surface area (Å²) in [6.45, 7) is 0. The van der Waals surface area contributed by atoms with Gasteiger partial charge < -0.3 is 10.4 Å². The molecule has 1 saturated heterocycles. The van der Waals surface area contributed by atoms with Crippen LogP contribution in [0.3, 0.4) is 0 Å². The van der Waals surface area contributed by atoms with Gasteiger partial charge >= 0.3 is 5.91 Å². The summed E-state index contributed by atoms with van der Waals surface area (Å²) in [6, 6.07) is 16.8. The number of benzene rings is 2. The number of amides is 2. The van der Waals surface area contributed by atoms with Crippen molar-refractivity contribution in [2.24, 2.45) is 0 Å². The number of hydrogen-bond donors (Lipinski definition) is 3. The first-order valence-electron chi connectivity index (χ1n) is 7.44. The van der Waals surface area contributed by atoms with E-state index in [0.29, 0.717) is 5.56 Å².